The van der Waals surface area contributed by atoms with Crippen LogP contribution in [0.3, 0.4) is 0 Å². The Morgan fingerprint density at radius 1 is 1.26 bits per heavy atom. The van der Waals surface area contributed by atoms with Crippen LogP contribution in [-0.2, 0) is 19.4 Å². The summed E-state index contributed by atoms with van der Waals surface area (Å²) in [7, 11) is -3.17. The summed E-state index contributed by atoms with van der Waals surface area (Å²) in [6, 6.07) is 8.37. The van der Waals surface area contributed by atoms with Crippen molar-refractivity contribution < 1.29 is 22.7 Å². The van der Waals surface area contributed by atoms with Crippen molar-refractivity contribution >= 4 is 38.7 Å². The number of aryl methyl sites for hydroxylation is 2. The van der Waals surface area contributed by atoms with Crippen LogP contribution in [0, 0.1) is 13.8 Å². The average Bonchev–Trinajstić information content (AvgIpc) is 3.15. The van der Waals surface area contributed by atoms with Crippen LogP contribution in [-0.4, -0.2) is 49.4 Å². The number of para-hydroxylation sites is 1. The maximum absolute atomic E-state index is 12.8. The van der Waals surface area contributed by atoms with Crippen LogP contribution in [0.5, 0.6) is 0 Å². The zero-order chi connectivity index (χ0) is 19.6. The van der Waals surface area contributed by atoms with Gasteiger partial charge in [-0.1, -0.05) is 18.2 Å². The number of esters is 1. The average molecular weight is 409 g/mol. The molecule has 0 spiro atoms. The molecular formula is C18H20N2O5S2. The number of nitrogens with zero attached hydrogens (tertiary/aromatic N) is 2. The Bertz CT molecular complexity index is 953. The van der Waals surface area contributed by atoms with E-state index in [1.54, 1.807) is 38.1 Å². The summed E-state index contributed by atoms with van der Waals surface area (Å²) < 4.78 is 28.9. The van der Waals surface area contributed by atoms with E-state index in [9.17, 15) is 18.0 Å². The highest BCUT2D eigenvalue weighted by atomic mass is 32.2. The van der Waals surface area contributed by atoms with Crippen molar-refractivity contribution in [3.8, 4) is 0 Å². The van der Waals surface area contributed by atoms with Crippen molar-refractivity contribution in [3.63, 3.8) is 0 Å². The second kappa shape index (κ2) is 7.77. The zero-order valence-corrected chi connectivity index (χ0v) is 16.7. The standard InChI is InChI=1S/C18H20N2O5S2/c1-12-17(26-13(2)19-12)18(22)25-10-16(21)20(14-6-4-3-5-7-14)15-8-9-27(23,24)11-15/h3-7,15H,8-11H2,1-2H3/t15-/m0/s1. The van der Waals surface area contributed by atoms with Gasteiger partial charge in [0.2, 0.25) is 0 Å². The molecule has 0 N–H and O–H groups in total. The fourth-order valence-corrected chi connectivity index (χ4v) is 5.62. The van der Waals surface area contributed by atoms with Gasteiger partial charge in [0.15, 0.2) is 16.4 Å². The first-order valence-corrected chi connectivity index (χ1v) is 11.1. The minimum Gasteiger partial charge on any atom is -0.451 e. The number of thiazole rings is 1. The van der Waals surface area contributed by atoms with Crippen molar-refractivity contribution in [3.05, 3.63) is 45.9 Å². The smallest absolute Gasteiger partial charge is 0.350 e. The van der Waals surface area contributed by atoms with Crippen LogP contribution in [0.1, 0.15) is 26.8 Å². The maximum atomic E-state index is 12.8. The highest BCUT2D eigenvalue weighted by Crippen LogP contribution is 2.25. The van der Waals surface area contributed by atoms with Crippen LogP contribution in [0.2, 0.25) is 0 Å². The molecule has 1 aliphatic rings. The number of benzene rings is 1. The Morgan fingerprint density at radius 2 is 1.96 bits per heavy atom. The van der Waals surface area contributed by atoms with E-state index in [2.05, 4.69) is 4.98 Å². The Kier molecular flexibility index (Phi) is 5.61. The predicted molar refractivity (Wildman–Crippen MR) is 103 cm³/mol. The largest absolute Gasteiger partial charge is 0.451 e. The number of anilines is 1. The summed E-state index contributed by atoms with van der Waals surface area (Å²) >= 11 is 1.21. The Hall–Kier alpha value is -2.26. The number of sulfone groups is 1. The van der Waals surface area contributed by atoms with Gasteiger partial charge in [-0.3, -0.25) is 4.79 Å². The van der Waals surface area contributed by atoms with Gasteiger partial charge in [0.1, 0.15) is 4.88 Å². The lowest BCUT2D eigenvalue weighted by Gasteiger charge is -2.28. The lowest BCUT2D eigenvalue weighted by molar-refractivity contribution is -0.122. The molecule has 2 aromatic rings. The van der Waals surface area contributed by atoms with Crippen molar-refractivity contribution in [2.24, 2.45) is 0 Å². The summed E-state index contributed by atoms with van der Waals surface area (Å²) in [4.78, 5) is 31.0. The number of carbonyl (C=O) groups is 2. The summed E-state index contributed by atoms with van der Waals surface area (Å²) in [6.45, 7) is 3.04. The van der Waals surface area contributed by atoms with Crippen LogP contribution < -0.4 is 4.90 Å². The van der Waals surface area contributed by atoms with Crippen molar-refractivity contribution in [1.29, 1.82) is 0 Å². The molecule has 1 amide bonds. The number of carbonyl (C=O) groups excluding carboxylic acids is 2. The zero-order valence-electron chi connectivity index (χ0n) is 15.0. The number of hydrogen-bond donors (Lipinski definition) is 0. The highest BCUT2D eigenvalue weighted by Gasteiger charge is 2.36. The van der Waals surface area contributed by atoms with E-state index in [1.165, 1.54) is 16.2 Å². The minimum absolute atomic E-state index is 0.0490. The van der Waals surface area contributed by atoms with E-state index in [0.29, 0.717) is 22.7 Å². The maximum Gasteiger partial charge on any atom is 0.350 e. The van der Waals surface area contributed by atoms with Crippen molar-refractivity contribution in [2.45, 2.75) is 26.3 Å². The van der Waals surface area contributed by atoms with Crippen LogP contribution in [0.4, 0.5) is 5.69 Å². The first-order chi connectivity index (χ1) is 12.8. The molecule has 7 nitrogen and oxygen atoms in total. The van der Waals surface area contributed by atoms with Crippen LogP contribution in [0.15, 0.2) is 30.3 Å². The van der Waals surface area contributed by atoms with Gasteiger partial charge in [0.05, 0.1) is 28.2 Å². The lowest BCUT2D eigenvalue weighted by Crippen LogP contribution is -2.43. The first-order valence-electron chi connectivity index (χ1n) is 8.45. The quantitative estimate of drug-likeness (QED) is 0.704. The molecule has 1 saturated heterocycles. The van der Waals surface area contributed by atoms with Crippen LogP contribution >= 0.6 is 11.3 Å². The molecule has 3 rings (SSSR count). The van der Waals surface area contributed by atoms with Gasteiger partial charge in [-0.25, -0.2) is 18.2 Å². The number of aromatic nitrogens is 1. The summed E-state index contributed by atoms with van der Waals surface area (Å²) in [6.07, 6.45) is 0.365. The van der Waals surface area contributed by atoms with Gasteiger partial charge in [0.25, 0.3) is 5.91 Å². The molecule has 1 atom stereocenters. The molecule has 27 heavy (non-hydrogen) atoms. The number of amides is 1. The van der Waals surface area contributed by atoms with E-state index in [4.69, 9.17) is 4.74 Å². The van der Waals surface area contributed by atoms with Gasteiger partial charge < -0.3 is 9.64 Å². The number of ether oxygens (including phenoxy) is 1. The third-order valence-electron chi connectivity index (χ3n) is 4.29. The lowest BCUT2D eigenvalue weighted by atomic mass is 10.2. The summed E-state index contributed by atoms with van der Waals surface area (Å²) in [5.74, 6) is -1.09. The van der Waals surface area contributed by atoms with Gasteiger partial charge in [0, 0.05) is 5.69 Å². The normalized spacial score (nSPS) is 18.2. The van der Waals surface area contributed by atoms with E-state index in [0.717, 1.165) is 5.01 Å². The molecule has 9 heteroatoms. The minimum atomic E-state index is -3.17. The molecule has 2 heterocycles. The second-order valence-electron chi connectivity index (χ2n) is 6.38. The molecule has 0 aliphatic carbocycles. The molecular weight excluding hydrogens is 388 g/mol. The number of rotatable bonds is 5. The van der Waals surface area contributed by atoms with Crippen molar-refractivity contribution in [2.75, 3.05) is 23.0 Å². The summed E-state index contributed by atoms with van der Waals surface area (Å²) in [5, 5.41) is 0.743. The monoisotopic (exact) mass is 408 g/mol. The Morgan fingerprint density at radius 3 is 2.52 bits per heavy atom. The third-order valence-corrected chi connectivity index (χ3v) is 7.10. The van der Waals surface area contributed by atoms with E-state index >= 15 is 0 Å². The molecule has 1 aromatic carbocycles. The third kappa shape index (κ3) is 4.54. The Balaban J connectivity index is 1.75. The molecule has 1 aliphatic heterocycles. The molecule has 0 radical (unpaired) electrons. The van der Waals surface area contributed by atoms with E-state index < -0.39 is 34.4 Å². The van der Waals surface area contributed by atoms with Crippen molar-refractivity contribution in [1.82, 2.24) is 4.98 Å². The molecule has 1 fully saturated rings. The predicted octanol–water partition coefficient (Wildman–Crippen LogP) is 2.14. The first kappa shape index (κ1) is 19.5. The van der Waals surface area contributed by atoms with Crippen LogP contribution in [0.25, 0.3) is 0 Å². The molecule has 0 saturated carbocycles. The fourth-order valence-electron chi connectivity index (χ4n) is 3.11. The molecule has 144 valence electrons. The summed E-state index contributed by atoms with van der Waals surface area (Å²) in [5.41, 5.74) is 1.15. The van der Waals surface area contributed by atoms with Gasteiger partial charge in [-0.2, -0.15) is 0 Å². The van der Waals surface area contributed by atoms with Gasteiger partial charge >= 0.3 is 5.97 Å². The SMILES string of the molecule is Cc1nc(C)c(C(=O)OCC(=O)N(c2ccccc2)[C@H]2CCS(=O)(=O)C2)s1. The van der Waals surface area contributed by atoms with E-state index in [1.807, 2.05) is 6.07 Å². The highest BCUT2D eigenvalue weighted by molar-refractivity contribution is 7.91. The molecule has 0 unspecified atom stereocenters. The van der Waals surface area contributed by atoms with E-state index in [-0.39, 0.29) is 11.5 Å². The number of hydrogen-bond acceptors (Lipinski definition) is 7. The molecule has 1 aromatic heterocycles. The fraction of sp³-hybridized carbons (Fsp3) is 0.389. The second-order valence-corrected chi connectivity index (χ2v) is 9.81. The topological polar surface area (TPSA) is 93.6 Å². The van der Waals surface area contributed by atoms with Gasteiger partial charge in [-0.05, 0) is 32.4 Å². The molecule has 0 bridgehead atoms. The Labute approximate surface area is 161 Å². The van der Waals surface area contributed by atoms with Gasteiger partial charge in [-0.15, -0.1) is 11.3 Å².